The summed E-state index contributed by atoms with van der Waals surface area (Å²) in [7, 11) is -3.55. The Labute approximate surface area is 136 Å². The number of ether oxygens (including phenoxy) is 1. The zero-order chi connectivity index (χ0) is 16.9. The predicted molar refractivity (Wildman–Crippen MR) is 86.1 cm³/mol. The average molecular weight is 341 g/mol. The van der Waals surface area contributed by atoms with Gasteiger partial charge in [0.05, 0.1) is 17.0 Å². The van der Waals surface area contributed by atoms with Gasteiger partial charge in [-0.05, 0) is 37.5 Å². The molecule has 2 atom stereocenters. The zero-order valence-electron chi connectivity index (χ0n) is 13.1. The van der Waals surface area contributed by atoms with Crippen molar-refractivity contribution in [2.24, 2.45) is 5.73 Å². The summed E-state index contributed by atoms with van der Waals surface area (Å²) >= 11 is 0. The summed E-state index contributed by atoms with van der Waals surface area (Å²) in [5.74, 6) is -0.250. The normalized spacial score (nSPS) is 19.5. The van der Waals surface area contributed by atoms with Crippen LogP contribution in [0, 0.1) is 0 Å². The second-order valence-corrected chi connectivity index (χ2v) is 7.40. The molecule has 1 aromatic carbocycles. The zero-order valence-corrected chi connectivity index (χ0v) is 13.9. The maximum absolute atomic E-state index is 12.2. The smallest absolute Gasteiger partial charge is 0.240 e. The molecule has 7 nitrogen and oxygen atoms in total. The van der Waals surface area contributed by atoms with Gasteiger partial charge in [-0.2, -0.15) is 0 Å². The molecule has 0 bridgehead atoms. The molecular formula is C15H23N3O4S. The topological polar surface area (TPSA) is 111 Å². The van der Waals surface area contributed by atoms with E-state index in [-0.39, 0.29) is 23.5 Å². The van der Waals surface area contributed by atoms with Gasteiger partial charge in [0.25, 0.3) is 0 Å². The van der Waals surface area contributed by atoms with E-state index >= 15 is 0 Å². The molecule has 0 saturated carbocycles. The second-order valence-electron chi connectivity index (χ2n) is 5.64. The van der Waals surface area contributed by atoms with Gasteiger partial charge >= 0.3 is 0 Å². The highest BCUT2D eigenvalue weighted by molar-refractivity contribution is 7.89. The maximum atomic E-state index is 12.2. The highest BCUT2D eigenvalue weighted by Gasteiger charge is 2.20. The van der Waals surface area contributed by atoms with Gasteiger partial charge in [-0.3, -0.25) is 4.79 Å². The van der Waals surface area contributed by atoms with E-state index in [2.05, 4.69) is 10.0 Å². The molecule has 0 spiro atoms. The van der Waals surface area contributed by atoms with Crippen LogP contribution in [0.2, 0.25) is 0 Å². The molecule has 1 amide bonds. The fraction of sp³-hybridized carbons (Fsp3) is 0.533. The number of nitrogens with one attached hydrogen (secondary N) is 2. The monoisotopic (exact) mass is 341 g/mol. The van der Waals surface area contributed by atoms with Gasteiger partial charge in [-0.25, -0.2) is 13.1 Å². The first-order valence-electron chi connectivity index (χ1n) is 7.62. The number of carbonyl (C=O) groups is 1. The molecule has 8 heteroatoms. The second kappa shape index (κ2) is 7.87. The number of carbonyl (C=O) groups excluding carboxylic acids is 1. The highest BCUT2D eigenvalue weighted by Crippen LogP contribution is 2.14. The highest BCUT2D eigenvalue weighted by atomic mass is 32.2. The van der Waals surface area contributed by atoms with E-state index in [4.69, 9.17) is 10.5 Å². The van der Waals surface area contributed by atoms with Crippen LogP contribution < -0.4 is 15.8 Å². The van der Waals surface area contributed by atoms with Gasteiger partial charge in [-0.1, -0.05) is 12.1 Å². The van der Waals surface area contributed by atoms with Crippen LogP contribution in [0.5, 0.6) is 0 Å². The van der Waals surface area contributed by atoms with Crippen molar-refractivity contribution >= 4 is 15.9 Å². The number of hydrogen-bond acceptors (Lipinski definition) is 5. The Morgan fingerprint density at radius 2 is 2.09 bits per heavy atom. The van der Waals surface area contributed by atoms with E-state index in [0.29, 0.717) is 13.2 Å². The Kier molecular flexibility index (Phi) is 6.11. The number of amides is 1. The third-order valence-electron chi connectivity index (χ3n) is 3.64. The average Bonchev–Trinajstić information content (AvgIpc) is 3.04. The van der Waals surface area contributed by atoms with Crippen LogP contribution in [0.25, 0.3) is 0 Å². The first kappa shape index (κ1) is 17.9. The molecule has 1 aliphatic rings. The summed E-state index contributed by atoms with van der Waals surface area (Å²) in [4.78, 5) is 11.6. The van der Waals surface area contributed by atoms with E-state index in [1.54, 1.807) is 19.1 Å². The number of nitrogens with two attached hydrogens (primary N) is 1. The number of hydrogen-bond donors (Lipinski definition) is 3. The Bertz CT molecular complexity index is 623. The third kappa shape index (κ3) is 5.28. The quantitative estimate of drug-likeness (QED) is 0.652. The van der Waals surface area contributed by atoms with Crippen molar-refractivity contribution in [1.29, 1.82) is 0 Å². The lowest BCUT2D eigenvalue weighted by atomic mass is 10.2. The van der Waals surface area contributed by atoms with Crippen LogP contribution >= 0.6 is 0 Å². The van der Waals surface area contributed by atoms with Gasteiger partial charge < -0.3 is 15.8 Å². The van der Waals surface area contributed by atoms with Crippen LogP contribution in [0.15, 0.2) is 29.2 Å². The molecule has 1 aliphatic heterocycles. The van der Waals surface area contributed by atoms with Gasteiger partial charge in [-0.15, -0.1) is 0 Å². The lowest BCUT2D eigenvalue weighted by Crippen LogP contribution is -2.37. The lowest BCUT2D eigenvalue weighted by Gasteiger charge is -2.12. The molecule has 4 N–H and O–H groups in total. The Morgan fingerprint density at radius 1 is 1.39 bits per heavy atom. The summed E-state index contributed by atoms with van der Waals surface area (Å²) in [6.45, 7) is 2.89. The summed E-state index contributed by atoms with van der Waals surface area (Å²) in [5, 5.41) is 2.67. The van der Waals surface area contributed by atoms with Crippen molar-refractivity contribution in [3.63, 3.8) is 0 Å². The van der Waals surface area contributed by atoms with Crippen molar-refractivity contribution < 1.29 is 17.9 Å². The third-order valence-corrected chi connectivity index (χ3v) is 5.08. The number of sulfonamides is 1. The first-order chi connectivity index (χ1) is 10.9. The molecular weight excluding hydrogens is 318 g/mol. The minimum Gasteiger partial charge on any atom is -0.377 e. The Morgan fingerprint density at radius 3 is 2.65 bits per heavy atom. The van der Waals surface area contributed by atoms with Crippen molar-refractivity contribution in [3.05, 3.63) is 29.8 Å². The molecule has 0 radical (unpaired) electrons. The van der Waals surface area contributed by atoms with E-state index in [9.17, 15) is 13.2 Å². The molecule has 1 saturated heterocycles. The SMILES string of the molecule is C[C@H](N)C(=O)NCc1ccc(S(=O)(=O)NCC2CCCO2)cc1. The Balaban J connectivity index is 1.90. The number of rotatable bonds is 7. The molecule has 1 unspecified atom stereocenters. The predicted octanol–water partition coefficient (Wildman–Crippen LogP) is 0.107. The van der Waals surface area contributed by atoms with Crippen molar-refractivity contribution in [2.45, 2.75) is 43.4 Å². The Hall–Kier alpha value is -1.48. The minimum absolute atomic E-state index is 0.0440. The molecule has 0 aliphatic carbocycles. The van der Waals surface area contributed by atoms with Crippen molar-refractivity contribution in [3.8, 4) is 0 Å². The molecule has 2 rings (SSSR count). The van der Waals surface area contributed by atoms with Crippen molar-refractivity contribution in [1.82, 2.24) is 10.0 Å². The summed E-state index contributed by atoms with van der Waals surface area (Å²) in [5.41, 5.74) is 6.26. The fourth-order valence-electron chi connectivity index (χ4n) is 2.23. The first-order valence-corrected chi connectivity index (χ1v) is 9.10. The van der Waals surface area contributed by atoms with Crippen LogP contribution in [0.4, 0.5) is 0 Å². The van der Waals surface area contributed by atoms with Crippen LogP contribution in [-0.2, 0) is 26.1 Å². The summed E-state index contributed by atoms with van der Waals surface area (Å²) in [6, 6.07) is 5.80. The minimum atomic E-state index is -3.55. The summed E-state index contributed by atoms with van der Waals surface area (Å²) in [6.07, 6.45) is 1.80. The van der Waals surface area contributed by atoms with Crippen molar-refractivity contribution in [2.75, 3.05) is 13.2 Å². The molecule has 1 fully saturated rings. The largest absolute Gasteiger partial charge is 0.377 e. The van der Waals surface area contributed by atoms with Crippen LogP contribution in [0.1, 0.15) is 25.3 Å². The van der Waals surface area contributed by atoms with Gasteiger partial charge in [0.15, 0.2) is 0 Å². The van der Waals surface area contributed by atoms with Gasteiger partial charge in [0, 0.05) is 19.7 Å². The lowest BCUT2D eigenvalue weighted by molar-refractivity contribution is -0.122. The van der Waals surface area contributed by atoms with E-state index in [1.807, 2.05) is 0 Å². The molecule has 1 heterocycles. The summed E-state index contributed by atoms with van der Waals surface area (Å²) < 4.78 is 32.4. The van der Waals surface area contributed by atoms with Crippen LogP contribution in [0.3, 0.4) is 0 Å². The van der Waals surface area contributed by atoms with E-state index in [0.717, 1.165) is 18.4 Å². The van der Waals surface area contributed by atoms with E-state index in [1.165, 1.54) is 12.1 Å². The fourth-order valence-corrected chi connectivity index (χ4v) is 3.29. The van der Waals surface area contributed by atoms with Gasteiger partial charge in [0.2, 0.25) is 15.9 Å². The standard InChI is InChI=1S/C15H23N3O4S/c1-11(16)15(19)17-9-12-4-6-14(7-5-12)23(20,21)18-10-13-3-2-8-22-13/h4-7,11,13,18H,2-3,8-10,16H2,1H3,(H,17,19)/t11-,13?/m0/s1. The van der Waals surface area contributed by atoms with Crippen LogP contribution in [-0.4, -0.2) is 39.6 Å². The maximum Gasteiger partial charge on any atom is 0.240 e. The number of benzene rings is 1. The van der Waals surface area contributed by atoms with Gasteiger partial charge in [0.1, 0.15) is 0 Å². The molecule has 23 heavy (non-hydrogen) atoms. The van der Waals surface area contributed by atoms with E-state index < -0.39 is 16.1 Å². The molecule has 1 aromatic rings. The molecule has 128 valence electrons. The molecule has 0 aromatic heterocycles.